The highest BCUT2D eigenvalue weighted by atomic mass is 32.2. The van der Waals surface area contributed by atoms with E-state index in [-0.39, 0.29) is 28.6 Å². The molecule has 0 radical (unpaired) electrons. The first-order valence-electron chi connectivity index (χ1n) is 8.82. The van der Waals surface area contributed by atoms with Crippen LogP contribution in [0.1, 0.15) is 55.9 Å². The molecule has 1 aliphatic carbocycles. The second-order valence-electron chi connectivity index (χ2n) is 7.23. The van der Waals surface area contributed by atoms with Gasteiger partial charge >= 0.3 is 6.03 Å². The molecular weight excluding hydrogens is 320 g/mol. The van der Waals surface area contributed by atoms with Crippen LogP contribution in [0.15, 0.2) is 24.3 Å². The van der Waals surface area contributed by atoms with E-state index in [9.17, 15) is 9.59 Å². The molecule has 5 heteroatoms. The van der Waals surface area contributed by atoms with Crippen molar-refractivity contribution in [2.24, 2.45) is 5.92 Å². The largest absolute Gasteiger partial charge is 0.335 e. The third-order valence-corrected chi connectivity index (χ3v) is 6.56. The average Bonchev–Trinajstić information content (AvgIpc) is 2.85. The predicted octanol–water partition coefficient (Wildman–Crippen LogP) is 4.88. The van der Waals surface area contributed by atoms with Crippen LogP contribution in [0.4, 0.5) is 9.59 Å². The maximum Gasteiger partial charge on any atom is 0.325 e. The Bertz CT molecular complexity index is 608. The number of hydrogen-bond donors (Lipinski definition) is 1. The van der Waals surface area contributed by atoms with Crippen molar-refractivity contribution in [2.45, 2.75) is 63.8 Å². The molecule has 0 spiro atoms. The molecule has 4 nitrogen and oxygen atoms in total. The lowest BCUT2D eigenvalue weighted by atomic mass is 9.87. The van der Waals surface area contributed by atoms with Crippen molar-refractivity contribution in [3.8, 4) is 0 Å². The summed E-state index contributed by atoms with van der Waals surface area (Å²) in [7, 11) is 0. The van der Waals surface area contributed by atoms with Crippen LogP contribution in [0.25, 0.3) is 0 Å². The van der Waals surface area contributed by atoms with E-state index in [2.05, 4.69) is 36.5 Å². The van der Waals surface area contributed by atoms with Crippen LogP contribution in [0.2, 0.25) is 0 Å². The minimum Gasteiger partial charge on any atom is -0.335 e. The Morgan fingerprint density at radius 2 is 1.75 bits per heavy atom. The lowest BCUT2D eigenvalue weighted by Crippen LogP contribution is -2.48. The molecule has 1 heterocycles. The van der Waals surface area contributed by atoms with Gasteiger partial charge in [0, 0.05) is 6.04 Å². The maximum atomic E-state index is 12.6. The maximum absolute atomic E-state index is 12.6. The van der Waals surface area contributed by atoms with Crippen molar-refractivity contribution < 1.29 is 9.59 Å². The molecule has 1 saturated carbocycles. The molecule has 1 aliphatic heterocycles. The molecule has 0 bridgehead atoms. The van der Waals surface area contributed by atoms with Gasteiger partial charge in [0.1, 0.15) is 0 Å². The van der Waals surface area contributed by atoms with Gasteiger partial charge in [-0.25, -0.2) is 4.79 Å². The second kappa shape index (κ2) is 7.18. The smallest absolute Gasteiger partial charge is 0.325 e. The zero-order valence-electron chi connectivity index (χ0n) is 14.6. The Morgan fingerprint density at radius 1 is 1.12 bits per heavy atom. The first kappa shape index (κ1) is 17.3. The quantitative estimate of drug-likeness (QED) is 0.830. The van der Waals surface area contributed by atoms with Crippen molar-refractivity contribution in [3.63, 3.8) is 0 Å². The highest BCUT2D eigenvalue weighted by Crippen LogP contribution is 2.43. The van der Waals surface area contributed by atoms with E-state index in [1.165, 1.54) is 22.2 Å². The van der Waals surface area contributed by atoms with Crippen LogP contribution in [0, 0.1) is 12.8 Å². The summed E-state index contributed by atoms with van der Waals surface area (Å²) in [6.07, 6.45) is 4.32. The summed E-state index contributed by atoms with van der Waals surface area (Å²) in [6.45, 7) is 6.27. The molecular formula is C19H26N2O2S. The van der Waals surface area contributed by atoms with Crippen LogP contribution in [0.3, 0.4) is 0 Å². The Kier molecular flexibility index (Phi) is 5.18. The average molecular weight is 346 g/mol. The van der Waals surface area contributed by atoms with Crippen LogP contribution < -0.4 is 5.32 Å². The number of thioether (sulfide) groups is 1. The first-order valence-corrected chi connectivity index (χ1v) is 9.70. The summed E-state index contributed by atoms with van der Waals surface area (Å²) in [5, 5.41) is 2.94. The lowest BCUT2D eigenvalue weighted by molar-refractivity contribution is 0.182. The number of carbonyl (C=O) groups is 2. The molecule has 2 aliphatic rings. The van der Waals surface area contributed by atoms with Crippen molar-refractivity contribution >= 4 is 23.0 Å². The van der Waals surface area contributed by atoms with Crippen molar-refractivity contribution in [1.29, 1.82) is 0 Å². The van der Waals surface area contributed by atoms with E-state index in [4.69, 9.17) is 0 Å². The number of benzene rings is 1. The minimum absolute atomic E-state index is 0.00947. The Labute approximate surface area is 148 Å². The van der Waals surface area contributed by atoms with Crippen LogP contribution in [-0.4, -0.2) is 28.3 Å². The molecule has 0 aromatic heterocycles. The molecule has 130 valence electrons. The third-order valence-electron chi connectivity index (χ3n) is 5.24. The molecule has 1 saturated heterocycles. The molecule has 3 amide bonds. The fourth-order valence-electron chi connectivity index (χ4n) is 3.58. The molecule has 24 heavy (non-hydrogen) atoms. The van der Waals surface area contributed by atoms with Crippen molar-refractivity contribution in [1.82, 2.24) is 10.2 Å². The van der Waals surface area contributed by atoms with Gasteiger partial charge in [-0.15, -0.1) is 0 Å². The Morgan fingerprint density at radius 3 is 2.38 bits per heavy atom. The summed E-state index contributed by atoms with van der Waals surface area (Å²) < 4.78 is 0. The normalized spacial score (nSPS) is 30.5. The summed E-state index contributed by atoms with van der Waals surface area (Å²) in [5.41, 5.74) is 2.30. The minimum atomic E-state index is -0.228. The molecule has 2 fully saturated rings. The van der Waals surface area contributed by atoms with Crippen LogP contribution in [-0.2, 0) is 0 Å². The van der Waals surface area contributed by atoms with E-state index >= 15 is 0 Å². The lowest BCUT2D eigenvalue weighted by Gasteiger charge is -2.29. The first-order chi connectivity index (χ1) is 11.5. The Hall–Kier alpha value is -1.49. The molecule has 3 rings (SSSR count). The van der Waals surface area contributed by atoms with Crippen LogP contribution in [0.5, 0.6) is 0 Å². The van der Waals surface area contributed by atoms with Crippen molar-refractivity contribution in [3.05, 3.63) is 35.4 Å². The van der Waals surface area contributed by atoms with E-state index in [1.807, 2.05) is 13.8 Å². The van der Waals surface area contributed by atoms with Crippen LogP contribution >= 0.6 is 11.8 Å². The number of imide groups is 1. The van der Waals surface area contributed by atoms with Gasteiger partial charge in [-0.2, -0.15) is 0 Å². The standard InChI is InChI=1S/C19H26N2O2S/c1-12-4-8-15(9-5-12)17-14(3)21(19(23)24-17)18(22)20-16-10-6-13(2)7-11-16/h4-5,8-9,13-14,16-17H,6-7,10-11H2,1-3H3,(H,20,22)/t13?,14-,16?,17+/m1/s1. The number of amides is 3. The number of rotatable bonds is 2. The van der Waals surface area contributed by atoms with Gasteiger partial charge in [0.2, 0.25) is 0 Å². The van der Waals surface area contributed by atoms with E-state index in [0.717, 1.165) is 37.2 Å². The molecule has 1 aromatic carbocycles. The Balaban J connectivity index is 1.66. The molecule has 0 unspecified atom stereocenters. The van der Waals surface area contributed by atoms with Gasteiger partial charge in [-0.05, 0) is 51.0 Å². The topological polar surface area (TPSA) is 49.4 Å². The zero-order chi connectivity index (χ0) is 17.3. The number of urea groups is 1. The fraction of sp³-hybridized carbons (Fsp3) is 0.579. The van der Waals surface area contributed by atoms with E-state index < -0.39 is 0 Å². The highest BCUT2D eigenvalue weighted by Gasteiger charge is 2.42. The second-order valence-corrected chi connectivity index (χ2v) is 8.32. The third kappa shape index (κ3) is 3.61. The van der Waals surface area contributed by atoms with Gasteiger partial charge in [0.05, 0.1) is 11.3 Å². The fourth-order valence-corrected chi connectivity index (χ4v) is 4.78. The van der Waals surface area contributed by atoms with Gasteiger partial charge < -0.3 is 5.32 Å². The van der Waals surface area contributed by atoms with E-state index in [0.29, 0.717) is 0 Å². The van der Waals surface area contributed by atoms with Gasteiger partial charge in [-0.1, -0.05) is 48.5 Å². The monoisotopic (exact) mass is 346 g/mol. The zero-order valence-corrected chi connectivity index (χ0v) is 15.4. The SMILES string of the molecule is Cc1ccc([C@H]2SC(=O)N(C(=O)NC3CCC(C)CC3)[C@@H]2C)cc1. The summed E-state index contributed by atoms with van der Waals surface area (Å²) in [6, 6.07) is 8.07. The molecule has 1 N–H and O–H groups in total. The number of aryl methyl sites for hydroxylation is 1. The molecule has 1 aromatic rings. The summed E-state index contributed by atoms with van der Waals surface area (Å²) >= 11 is 1.26. The number of nitrogens with zero attached hydrogens (tertiary/aromatic N) is 1. The predicted molar refractivity (Wildman–Crippen MR) is 98.2 cm³/mol. The van der Waals surface area contributed by atoms with Gasteiger partial charge in [0.25, 0.3) is 5.24 Å². The van der Waals surface area contributed by atoms with Gasteiger partial charge in [-0.3, -0.25) is 9.69 Å². The molecule has 2 atom stereocenters. The summed E-state index contributed by atoms with van der Waals surface area (Å²) in [4.78, 5) is 26.4. The number of nitrogens with one attached hydrogen (secondary N) is 1. The van der Waals surface area contributed by atoms with E-state index in [1.54, 1.807) is 0 Å². The van der Waals surface area contributed by atoms with Gasteiger partial charge in [0.15, 0.2) is 0 Å². The van der Waals surface area contributed by atoms with Crippen molar-refractivity contribution in [2.75, 3.05) is 0 Å². The number of carbonyl (C=O) groups excluding carboxylic acids is 2. The highest BCUT2D eigenvalue weighted by molar-refractivity contribution is 8.14. The summed E-state index contributed by atoms with van der Waals surface area (Å²) in [5.74, 6) is 0.743. The number of hydrogen-bond acceptors (Lipinski definition) is 3.